The summed E-state index contributed by atoms with van der Waals surface area (Å²) in [5.74, 6) is -0.194. The van der Waals surface area contributed by atoms with Crippen molar-refractivity contribution in [3.05, 3.63) is 69.8 Å². The summed E-state index contributed by atoms with van der Waals surface area (Å²) in [5.41, 5.74) is 3.48. The molecule has 1 aliphatic carbocycles. The zero-order valence-corrected chi connectivity index (χ0v) is 19.1. The van der Waals surface area contributed by atoms with Gasteiger partial charge in [0, 0.05) is 10.6 Å². The van der Waals surface area contributed by atoms with E-state index in [0.29, 0.717) is 11.4 Å². The molecule has 0 heterocycles. The molecule has 160 valence electrons. The van der Waals surface area contributed by atoms with Gasteiger partial charge in [-0.1, -0.05) is 49.7 Å². The molecule has 0 aromatic heterocycles. The van der Waals surface area contributed by atoms with Crippen LogP contribution in [0, 0.1) is 5.41 Å². The molecule has 1 unspecified atom stereocenters. The van der Waals surface area contributed by atoms with E-state index in [1.54, 1.807) is 7.11 Å². The Morgan fingerprint density at radius 2 is 1.77 bits per heavy atom. The lowest BCUT2D eigenvalue weighted by atomic mass is 9.66. The van der Waals surface area contributed by atoms with Crippen LogP contribution in [-0.4, -0.2) is 29.9 Å². The molecule has 4 nitrogen and oxygen atoms in total. The molecule has 0 radical (unpaired) electrons. The van der Waals surface area contributed by atoms with E-state index in [1.165, 1.54) is 0 Å². The van der Waals surface area contributed by atoms with Crippen LogP contribution in [0.1, 0.15) is 51.3 Å². The molecule has 0 amide bonds. The van der Waals surface area contributed by atoms with E-state index in [1.807, 2.05) is 63.2 Å². The number of fused-ring (bicyclic) bond motifs is 1. The van der Waals surface area contributed by atoms with Gasteiger partial charge in [0.05, 0.1) is 12.7 Å². The highest BCUT2D eigenvalue weighted by Gasteiger charge is 2.43. The van der Waals surface area contributed by atoms with Crippen molar-refractivity contribution in [3.8, 4) is 5.75 Å². The first kappa shape index (κ1) is 22.4. The van der Waals surface area contributed by atoms with Crippen LogP contribution < -0.4 is 4.74 Å². The SMILES string of the molecule is COc1cccc2c1CC(C)(C)C(C(OC(C)(C)C)C(=O)O)=C2c1ccc(Cl)cc1. The van der Waals surface area contributed by atoms with Crippen molar-refractivity contribution in [2.45, 2.75) is 52.7 Å². The number of carbonyl (C=O) groups is 1. The van der Waals surface area contributed by atoms with Gasteiger partial charge in [0.2, 0.25) is 0 Å². The molecule has 1 N–H and O–H groups in total. The normalized spacial score (nSPS) is 16.8. The second-order valence-corrected chi connectivity index (χ2v) is 9.73. The number of hydrogen-bond acceptors (Lipinski definition) is 3. The van der Waals surface area contributed by atoms with Crippen LogP contribution >= 0.6 is 11.6 Å². The van der Waals surface area contributed by atoms with Gasteiger partial charge in [0.15, 0.2) is 6.10 Å². The number of benzene rings is 2. The van der Waals surface area contributed by atoms with Crippen LogP contribution in [0.2, 0.25) is 5.02 Å². The molecular formula is C25H29ClO4. The first-order valence-electron chi connectivity index (χ1n) is 10.0. The molecule has 30 heavy (non-hydrogen) atoms. The van der Waals surface area contributed by atoms with Crippen molar-refractivity contribution in [2.75, 3.05) is 7.11 Å². The van der Waals surface area contributed by atoms with Crippen LogP contribution in [-0.2, 0) is 16.0 Å². The Kier molecular flexibility index (Phi) is 6.03. The van der Waals surface area contributed by atoms with Gasteiger partial charge >= 0.3 is 5.97 Å². The number of carboxylic acids is 1. The number of carboxylic acid groups (broad SMARTS) is 1. The van der Waals surface area contributed by atoms with E-state index >= 15 is 0 Å². The van der Waals surface area contributed by atoms with Gasteiger partial charge in [0.1, 0.15) is 5.75 Å². The summed E-state index contributed by atoms with van der Waals surface area (Å²) in [7, 11) is 1.66. The van der Waals surface area contributed by atoms with E-state index in [-0.39, 0.29) is 0 Å². The van der Waals surface area contributed by atoms with Crippen molar-refractivity contribution in [1.29, 1.82) is 0 Å². The second-order valence-electron chi connectivity index (χ2n) is 9.29. The van der Waals surface area contributed by atoms with E-state index in [2.05, 4.69) is 13.8 Å². The Morgan fingerprint density at radius 1 is 1.13 bits per heavy atom. The van der Waals surface area contributed by atoms with E-state index in [0.717, 1.165) is 33.6 Å². The van der Waals surface area contributed by atoms with Crippen molar-refractivity contribution in [3.63, 3.8) is 0 Å². The molecule has 0 spiro atoms. The molecule has 1 aliphatic rings. The number of methoxy groups -OCH3 is 1. The third-order valence-electron chi connectivity index (χ3n) is 5.33. The van der Waals surface area contributed by atoms with Gasteiger partial charge in [-0.25, -0.2) is 4.79 Å². The van der Waals surface area contributed by atoms with Crippen LogP contribution in [0.25, 0.3) is 5.57 Å². The molecule has 2 aromatic rings. The van der Waals surface area contributed by atoms with Crippen LogP contribution in [0.5, 0.6) is 5.75 Å². The van der Waals surface area contributed by atoms with Crippen molar-refractivity contribution in [1.82, 2.24) is 0 Å². The van der Waals surface area contributed by atoms with Gasteiger partial charge in [-0.2, -0.15) is 0 Å². The quantitative estimate of drug-likeness (QED) is 0.634. The minimum Gasteiger partial charge on any atom is -0.496 e. The van der Waals surface area contributed by atoms with Crippen LogP contribution in [0.4, 0.5) is 0 Å². The van der Waals surface area contributed by atoms with E-state index in [4.69, 9.17) is 21.1 Å². The summed E-state index contributed by atoms with van der Waals surface area (Å²) in [6, 6.07) is 13.4. The topological polar surface area (TPSA) is 55.8 Å². The van der Waals surface area contributed by atoms with E-state index in [9.17, 15) is 9.90 Å². The fourth-order valence-electron chi connectivity index (χ4n) is 4.19. The van der Waals surface area contributed by atoms with E-state index < -0.39 is 23.1 Å². The summed E-state index contributed by atoms with van der Waals surface area (Å²) in [4.78, 5) is 12.4. The minimum absolute atomic E-state index is 0.467. The Balaban J connectivity index is 2.40. The zero-order valence-electron chi connectivity index (χ0n) is 18.4. The number of halogens is 1. The number of aliphatic carboxylic acids is 1. The fourth-order valence-corrected chi connectivity index (χ4v) is 4.32. The average molecular weight is 429 g/mol. The average Bonchev–Trinajstić information content (AvgIpc) is 2.64. The molecule has 3 rings (SSSR count). The van der Waals surface area contributed by atoms with Crippen LogP contribution in [0.3, 0.4) is 0 Å². The number of hydrogen-bond donors (Lipinski definition) is 1. The van der Waals surface area contributed by atoms with Gasteiger partial charge in [0.25, 0.3) is 0 Å². The summed E-state index contributed by atoms with van der Waals surface area (Å²) in [6.45, 7) is 9.75. The molecule has 0 saturated carbocycles. The first-order valence-corrected chi connectivity index (χ1v) is 10.4. The maximum atomic E-state index is 12.4. The first-order chi connectivity index (χ1) is 13.9. The number of ether oxygens (including phenoxy) is 2. The van der Waals surface area contributed by atoms with Crippen molar-refractivity contribution >= 4 is 23.1 Å². The molecule has 5 heteroatoms. The smallest absolute Gasteiger partial charge is 0.337 e. The highest BCUT2D eigenvalue weighted by atomic mass is 35.5. The highest BCUT2D eigenvalue weighted by Crippen LogP contribution is 2.50. The molecule has 0 bridgehead atoms. The molecule has 0 aliphatic heterocycles. The predicted octanol–water partition coefficient (Wildman–Crippen LogP) is 6.00. The largest absolute Gasteiger partial charge is 0.496 e. The third-order valence-corrected chi connectivity index (χ3v) is 5.58. The molecule has 0 saturated heterocycles. The van der Waals surface area contributed by atoms with Gasteiger partial charge in [-0.3, -0.25) is 0 Å². The fraction of sp³-hybridized carbons (Fsp3) is 0.400. The van der Waals surface area contributed by atoms with Gasteiger partial charge < -0.3 is 14.6 Å². The van der Waals surface area contributed by atoms with Gasteiger partial charge in [-0.15, -0.1) is 0 Å². The monoisotopic (exact) mass is 428 g/mol. The molecular weight excluding hydrogens is 400 g/mol. The summed E-state index contributed by atoms with van der Waals surface area (Å²) >= 11 is 6.14. The minimum atomic E-state index is -1.08. The predicted molar refractivity (Wildman–Crippen MR) is 120 cm³/mol. The maximum absolute atomic E-state index is 12.4. The molecule has 2 aromatic carbocycles. The van der Waals surface area contributed by atoms with Gasteiger partial charge in [-0.05, 0) is 73.1 Å². The Bertz CT molecular complexity index is 981. The van der Waals surface area contributed by atoms with Crippen molar-refractivity contribution < 1.29 is 19.4 Å². The highest BCUT2D eigenvalue weighted by molar-refractivity contribution is 6.30. The lowest BCUT2D eigenvalue weighted by Crippen LogP contribution is -2.41. The second kappa shape index (κ2) is 8.09. The number of rotatable bonds is 5. The lowest BCUT2D eigenvalue weighted by molar-refractivity contribution is -0.156. The molecule has 1 atom stereocenters. The standard InChI is InChI=1S/C25H29ClO4/c1-24(2,3)30-22(23(27)28)21-20(15-10-12-16(26)13-11-15)17-8-7-9-19(29-6)18(17)14-25(21,4)5/h7-13,22H,14H2,1-6H3,(H,27,28). The lowest BCUT2D eigenvalue weighted by Gasteiger charge is -2.41. The maximum Gasteiger partial charge on any atom is 0.337 e. The summed E-state index contributed by atoms with van der Waals surface area (Å²) < 4.78 is 11.7. The Hall–Kier alpha value is -2.30. The summed E-state index contributed by atoms with van der Waals surface area (Å²) in [5, 5.41) is 10.8. The summed E-state index contributed by atoms with van der Waals surface area (Å²) in [6.07, 6.45) is -0.430. The Labute approximate surface area is 183 Å². The van der Waals surface area contributed by atoms with Crippen molar-refractivity contribution in [2.24, 2.45) is 5.41 Å². The third kappa shape index (κ3) is 4.40. The molecule has 0 fully saturated rings. The zero-order chi connectivity index (χ0) is 22.3. The Morgan fingerprint density at radius 3 is 2.30 bits per heavy atom. The van der Waals surface area contributed by atoms with Crippen LogP contribution in [0.15, 0.2) is 48.0 Å².